The van der Waals surface area contributed by atoms with E-state index in [1.165, 1.54) is 32.1 Å². The van der Waals surface area contributed by atoms with Gasteiger partial charge in [0, 0.05) is 16.6 Å². The van der Waals surface area contributed by atoms with E-state index in [2.05, 4.69) is 15.6 Å². The average Bonchev–Trinajstić information content (AvgIpc) is 3.34. The van der Waals surface area contributed by atoms with E-state index in [-0.39, 0.29) is 29.6 Å². The van der Waals surface area contributed by atoms with Crippen molar-refractivity contribution in [3.05, 3.63) is 29.7 Å². The Morgan fingerprint density at radius 1 is 1.21 bits per heavy atom. The van der Waals surface area contributed by atoms with Crippen LogP contribution >= 0.6 is 0 Å². The van der Waals surface area contributed by atoms with E-state index in [9.17, 15) is 14.0 Å². The molecule has 3 N–H and O–H groups in total. The predicted octanol–water partition coefficient (Wildman–Crippen LogP) is 3.98. The molecule has 1 aromatic carbocycles. The van der Waals surface area contributed by atoms with Crippen molar-refractivity contribution >= 4 is 28.5 Å². The largest absolute Gasteiger partial charge is 0.461 e. The maximum absolute atomic E-state index is 14.7. The zero-order chi connectivity index (χ0) is 20.4. The molecule has 4 rings (SSSR count). The number of amides is 1. The van der Waals surface area contributed by atoms with Crippen LogP contribution in [0, 0.1) is 17.7 Å². The Kier molecular flexibility index (Phi) is 5.85. The van der Waals surface area contributed by atoms with Crippen LogP contribution in [0.15, 0.2) is 18.2 Å². The normalized spacial score (nSPS) is 22.7. The second kappa shape index (κ2) is 8.53. The van der Waals surface area contributed by atoms with Crippen molar-refractivity contribution in [3.8, 4) is 0 Å². The van der Waals surface area contributed by atoms with Gasteiger partial charge in [0.15, 0.2) is 11.5 Å². The quantitative estimate of drug-likeness (QED) is 0.662. The van der Waals surface area contributed by atoms with Gasteiger partial charge in [0.2, 0.25) is 5.91 Å². The fourth-order valence-corrected chi connectivity index (χ4v) is 4.88. The van der Waals surface area contributed by atoms with E-state index < -0.39 is 11.8 Å². The van der Waals surface area contributed by atoms with Crippen LogP contribution in [0.1, 0.15) is 55.9 Å². The fraction of sp³-hybridized carbons (Fsp3) is 0.545. The van der Waals surface area contributed by atoms with Crippen molar-refractivity contribution in [2.75, 3.05) is 18.5 Å². The first-order valence-electron chi connectivity index (χ1n) is 10.6. The number of carbonyl (C=O) groups is 2. The van der Waals surface area contributed by atoms with Crippen molar-refractivity contribution in [1.29, 1.82) is 0 Å². The number of halogens is 1. The summed E-state index contributed by atoms with van der Waals surface area (Å²) in [4.78, 5) is 27.6. The molecule has 1 saturated carbocycles. The van der Waals surface area contributed by atoms with Crippen LogP contribution in [0.2, 0.25) is 0 Å². The summed E-state index contributed by atoms with van der Waals surface area (Å²) >= 11 is 0. The van der Waals surface area contributed by atoms with Gasteiger partial charge in [-0.1, -0.05) is 32.1 Å². The first-order valence-corrected chi connectivity index (χ1v) is 10.6. The standard InChI is InChI=1S/C22H28FN3O3/c1-2-29-22(28)20-18(23)16-12-14(8-9-17(16)26-20)25-21(27)19-15(10-11-24-19)13-6-4-3-5-7-13/h8-9,12-13,15,19,24,26H,2-7,10-11H2,1H3,(H,25,27)/t15-,19-/m0/s1. The number of hydrogen-bond acceptors (Lipinski definition) is 4. The van der Waals surface area contributed by atoms with Crippen LogP contribution in [-0.4, -0.2) is 36.1 Å². The van der Waals surface area contributed by atoms with Crippen molar-refractivity contribution in [2.45, 2.75) is 51.5 Å². The number of carbonyl (C=O) groups excluding carboxylic acids is 2. The molecule has 2 atom stereocenters. The Labute approximate surface area is 169 Å². The molecular formula is C22H28FN3O3. The number of esters is 1. The number of H-pyrrole nitrogens is 1. The number of aromatic amines is 1. The third-order valence-electron chi connectivity index (χ3n) is 6.29. The van der Waals surface area contributed by atoms with Gasteiger partial charge in [0.05, 0.1) is 12.6 Å². The zero-order valence-electron chi connectivity index (χ0n) is 16.7. The molecule has 0 spiro atoms. The SMILES string of the molecule is CCOC(=O)c1[nH]c2ccc(NC(=O)[C@H]3NCC[C@H]3C3CCCCC3)cc2c1F. The number of benzene rings is 1. The van der Waals surface area contributed by atoms with Crippen LogP contribution in [0.5, 0.6) is 0 Å². The Bertz CT molecular complexity index is 904. The lowest BCUT2D eigenvalue weighted by Crippen LogP contribution is -2.42. The molecule has 2 fully saturated rings. The number of ether oxygens (including phenoxy) is 1. The van der Waals surface area contributed by atoms with Crippen molar-refractivity contribution in [2.24, 2.45) is 11.8 Å². The lowest BCUT2D eigenvalue weighted by molar-refractivity contribution is -0.119. The van der Waals surface area contributed by atoms with Gasteiger partial charge in [0.1, 0.15) is 0 Å². The third kappa shape index (κ3) is 4.01. The van der Waals surface area contributed by atoms with E-state index in [1.54, 1.807) is 25.1 Å². The van der Waals surface area contributed by atoms with Crippen LogP contribution in [0.25, 0.3) is 10.9 Å². The van der Waals surface area contributed by atoms with Crippen molar-refractivity contribution in [3.63, 3.8) is 0 Å². The van der Waals surface area contributed by atoms with E-state index in [0.29, 0.717) is 23.0 Å². The Balaban J connectivity index is 1.50. The van der Waals surface area contributed by atoms with E-state index in [0.717, 1.165) is 13.0 Å². The van der Waals surface area contributed by atoms with Gasteiger partial charge in [-0.05, 0) is 49.9 Å². The zero-order valence-corrected chi connectivity index (χ0v) is 16.7. The molecule has 1 saturated heterocycles. The Morgan fingerprint density at radius 2 is 2.00 bits per heavy atom. The molecule has 0 radical (unpaired) electrons. The molecule has 2 aromatic rings. The topological polar surface area (TPSA) is 83.2 Å². The van der Waals surface area contributed by atoms with Gasteiger partial charge in [-0.25, -0.2) is 9.18 Å². The molecule has 0 bridgehead atoms. The molecule has 156 valence electrons. The highest BCUT2D eigenvalue weighted by Crippen LogP contribution is 2.36. The average molecular weight is 401 g/mol. The summed E-state index contributed by atoms with van der Waals surface area (Å²) in [6.07, 6.45) is 7.23. The van der Waals surface area contributed by atoms with Gasteiger partial charge < -0.3 is 20.4 Å². The van der Waals surface area contributed by atoms with Gasteiger partial charge in [-0.3, -0.25) is 4.79 Å². The molecule has 6 nitrogen and oxygen atoms in total. The van der Waals surface area contributed by atoms with E-state index >= 15 is 0 Å². The van der Waals surface area contributed by atoms with Crippen molar-refractivity contribution < 1.29 is 18.7 Å². The molecule has 2 aliphatic rings. The summed E-state index contributed by atoms with van der Waals surface area (Å²) in [7, 11) is 0. The summed E-state index contributed by atoms with van der Waals surface area (Å²) < 4.78 is 19.6. The van der Waals surface area contributed by atoms with E-state index in [4.69, 9.17) is 4.74 Å². The lowest BCUT2D eigenvalue weighted by atomic mass is 9.76. The van der Waals surface area contributed by atoms with Gasteiger partial charge in [0.25, 0.3) is 0 Å². The monoisotopic (exact) mass is 401 g/mol. The predicted molar refractivity (Wildman–Crippen MR) is 109 cm³/mol. The Hall–Kier alpha value is -2.41. The first kappa shape index (κ1) is 19.9. The summed E-state index contributed by atoms with van der Waals surface area (Å²) in [5.41, 5.74) is 0.815. The lowest BCUT2D eigenvalue weighted by Gasteiger charge is -2.30. The first-order chi connectivity index (χ1) is 14.1. The second-order valence-electron chi connectivity index (χ2n) is 8.07. The molecule has 2 heterocycles. The van der Waals surface area contributed by atoms with Crippen molar-refractivity contribution in [1.82, 2.24) is 10.3 Å². The number of fused-ring (bicyclic) bond motifs is 1. The highest BCUT2D eigenvalue weighted by Gasteiger charge is 2.38. The summed E-state index contributed by atoms with van der Waals surface area (Å²) in [5.74, 6) is -0.491. The molecular weight excluding hydrogens is 373 g/mol. The maximum atomic E-state index is 14.7. The fourth-order valence-electron chi connectivity index (χ4n) is 4.88. The molecule has 1 aliphatic carbocycles. The minimum atomic E-state index is -0.725. The molecule has 0 unspecified atom stereocenters. The van der Waals surface area contributed by atoms with Gasteiger partial charge in [-0.15, -0.1) is 0 Å². The van der Waals surface area contributed by atoms with Crippen LogP contribution in [0.4, 0.5) is 10.1 Å². The Morgan fingerprint density at radius 3 is 2.76 bits per heavy atom. The van der Waals surface area contributed by atoms with Gasteiger partial charge in [-0.2, -0.15) is 0 Å². The summed E-state index contributed by atoms with van der Waals surface area (Å²) in [5, 5.41) is 6.55. The smallest absolute Gasteiger partial charge is 0.357 e. The van der Waals surface area contributed by atoms with Crippen LogP contribution < -0.4 is 10.6 Å². The number of aromatic nitrogens is 1. The molecule has 1 aliphatic heterocycles. The highest BCUT2D eigenvalue weighted by atomic mass is 19.1. The third-order valence-corrected chi connectivity index (χ3v) is 6.29. The molecule has 7 heteroatoms. The summed E-state index contributed by atoms with van der Waals surface area (Å²) in [6, 6.07) is 4.74. The highest BCUT2D eigenvalue weighted by molar-refractivity contribution is 5.99. The molecule has 29 heavy (non-hydrogen) atoms. The summed E-state index contributed by atoms with van der Waals surface area (Å²) in [6.45, 7) is 2.70. The number of nitrogens with one attached hydrogen (secondary N) is 3. The molecule has 1 amide bonds. The number of rotatable bonds is 5. The van der Waals surface area contributed by atoms with Crippen LogP contribution in [0.3, 0.4) is 0 Å². The maximum Gasteiger partial charge on any atom is 0.357 e. The van der Waals surface area contributed by atoms with Gasteiger partial charge >= 0.3 is 5.97 Å². The second-order valence-corrected chi connectivity index (χ2v) is 8.07. The minimum Gasteiger partial charge on any atom is -0.461 e. The number of hydrogen-bond donors (Lipinski definition) is 3. The molecule has 1 aromatic heterocycles. The van der Waals surface area contributed by atoms with E-state index in [1.807, 2.05) is 0 Å². The minimum absolute atomic E-state index is 0.0704. The van der Waals surface area contributed by atoms with Crippen LogP contribution in [-0.2, 0) is 9.53 Å². The number of anilines is 1.